The predicted molar refractivity (Wildman–Crippen MR) is 118 cm³/mol. The van der Waals surface area contributed by atoms with Crippen LogP contribution in [0, 0.1) is 0 Å². The van der Waals surface area contributed by atoms with Gasteiger partial charge in [-0.3, -0.25) is 9.59 Å². The summed E-state index contributed by atoms with van der Waals surface area (Å²) < 4.78 is 10.6. The van der Waals surface area contributed by atoms with E-state index in [9.17, 15) is 9.59 Å². The number of hydrogen-bond donors (Lipinski definition) is 1. The number of amides is 1. The molecular weight excluding hydrogens is 398 g/mol. The van der Waals surface area contributed by atoms with E-state index in [0.717, 1.165) is 10.5 Å². The molecule has 1 amide bonds. The molecule has 3 aromatic carbocycles. The van der Waals surface area contributed by atoms with Gasteiger partial charge in [0.1, 0.15) is 0 Å². The predicted octanol–water partition coefficient (Wildman–Crippen LogP) is 5.04. The number of Topliss-reactive ketones (excluding diaryl/α,β-unsaturated/α-hetero) is 1. The molecule has 0 bridgehead atoms. The molecule has 4 rings (SSSR count). The Hall–Kier alpha value is -3.51. The van der Waals surface area contributed by atoms with Crippen LogP contribution >= 0.6 is 11.8 Å². The van der Waals surface area contributed by atoms with Gasteiger partial charge in [-0.25, -0.2) is 0 Å². The minimum Gasteiger partial charge on any atom is -0.454 e. The monoisotopic (exact) mass is 417 g/mol. The molecule has 0 atom stereocenters. The molecule has 0 aliphatic carbocycles. The average molecular weight is 417 g/mol. The Labute approximate surface area is 178 Å². The molecule has 150 valence electrons. The summed E-state index contributed by atoms with van der Waals surface area (Å²) in [5.74, 6) is 1.32. The van der Waals surface area contributed by atoms with E-state index in [-0.39, 0.29) is 24.2 Å². The van der Waals surface area contributed by atoms with Crippen molar-refractivity contribution >= 4 is 35.2 Å². The minimum atomic E-state index is -0.211. The van der Waals surface area contributed by atoms with Crippen LogP contribution < -0.4 is 14.8 Å². The number of nitrogens with one attached hydrogen (secondary N) is 1. The van der Waals surface area contributed by atoms with Gasteiger partial charge < -0.3 is 14.8 Å². The second-order valence-electron chi connectivity index (χ2n) is 6.54. The lowest BCUT2D eigenvalue weighted by Crippen LogP contribution is -2.07. The van der Waals surface area contributed by atoms with Crippen LogP contribution in [-0.2, 0) is 4.79 Å². The second-order valence-corrected chi connectivity index (χ2v) is 7.59. The Morgan fingerprint density at radius 3 is 2.63 bits per heavy atom. The summed E-state index contributed by atoms with van der Waals surface area (Å²) >= 11 is 1.42. The van der Waals surface area contributed by atoms with Crippen molar-refractivity contribution < 1.29 is 19.1 Å². The van der Waals surface area contributed by atoms with E-state index < -0.39 is 0 Å². The third kappa shape index (κ3) is 5.10. The number of rotatable bonds is 7. The highest BCUT2D eigenvalue weighted by Crippen LogP contribution is 2.33. The summed E-state index contributed by atoms with van der Waals surface area (Å²) in [5, 5.41) is 2.85. The van der Waals surface area contributed by atoms with E-state index >= 15 is 0 Å². The third-order valence-corrected chi connectivity index (χ3v) is 5.39. The van der Waals surface area contributed by atoms with Crippen LogP contribution in [0.2, 0.25) is 0 Å². The Kier molecular flexibility index (Phi) is 6.15. The van der Waals surface area contributed by atoms with Crippen molar-refractivity contribution in [2.45, 2.75) is 4.90 Å². The molecule has 0 saturated heterocycles. The van der Waals surface area contributed by atoms with Crippen LogP contribution in [-0.4, -0.2) is 24.2 Å². The van der Waals surface area contributed by atoms with Gasteiger partial charge in [-0.1, -0.05) is 36.4 Å². The first-order valence-electron chi connectivity index (χ1n) is 9.37. The summed E-state index contributed by atoms with van der Waals surface area (Å²) in [4.78, 5) is 25.6. The van der Waals surface area contributed by atoms with E-state index in [4.69, 9.17) is 9.47 Å². The number of hydrogen-bond acceptors (Lipinski definition) is 5. The fourth-order valence-electron chi connectivity index (χ4n) is 2.89. The lowest BCUT2D eigenvalue weighted by molar-refractivity contribution is -0.111. The highest BCUT2D eigenvalue weighted by Gasteiger charge is 2.16. The first kappa shape index (κ1) is 19.8. The molecule has 0 fully saturated rings. The number of benzene rings is 3. The summed E-state index contributed by atoms with van der Waals surface area (Å²) in [5.41, 5.74) is 2.22. The Morgan fingerprint density at radius 2 is 1.77 bits per heavy atom. The van der Waals surface area contributed by atoms with Crippen molar-refractivity contribution in [1.82, 2.24) is 0 Å². The molecule has 1 aliphatic rings. The molecule has 3 aromatic rings. The summed E-state index contributed by atoms with van der Waals surface area (Å²) in [6, 6.07) is 22.3. The molecule has 1 heterocycles. The Bertz CT molecular complexity index is 1100. The maximum atomic E-state index is 12.5. The number of ether oxygens (including phenoxy) is 2. The van der Waals surface area contributed by atoms with Crippen molar-refractivity contribution in [3.8, 4) is 11.5 Å². The van der Waals surface area contributed by atoms with E-state index in [1.165, 1.54) is 17.8 Å². The van der Waals surface area contributed by atoms with Gasteiger partial charge in [-0.2, -0.15) is 0 Å². The SMILES string of the molecule is O=C(/C=C/c1ccccc1)Nc1cccc(SCC(=O)c2ccc3c(c2)OCO3)c1. The lowest BCUT2D eigenvalue weighted by atomic mass is 10.1. The van der Waals surface area contributed by atoms with Gasteiger partial charge in [-0.05, 0) is 48.0 Å². The van der Waals surface area contributed by atoms with E-state index in [1.54, 1.807) is 24.3 Å². The van der Waals surface area contributed by atoms with Crippen molar-refractivity contribution in [3.63, 3.8) is 0 Å². The zero-order chi connectivity index (χ0) is 20.8. The van der Waals surface area contributed by atoms with Gasteiger partial charge in [-0.15, -0.1) is 11.8 Å². The molecule has 30 heavy (non-hydrogen) atoms. The summed E-state index contributed by atoms with van der Waals surface area (Å²) in [6.07, 6.45) is 3.26. The minimum absolute atomic E-state index is 0.00136. The maximum absolute atomic E-state index is 12.5. The fourth-order valence-corrected chi connectivity index (χ4v) is 3.74. The van der Waals surface area contributed by atoms with E-state index in [1.807, 2.05) is 54.6 Å². The van der Waals surface area contributed by atoms with Crippen LogP contribution in [0.5, 0.6) is 11.5 Å². The van der Waals surface area contributed by atoms with E-state index in [2.05, 4.69) is 5.32 Å². The van der Waals surface area contributed by atoms with Gasteiger partial charge >= 0.3 is 0 Å². The van der Waals surface area contributed by atoms with Gasteiger partial charge in [0, 0.05) is 22.2 Å². The molecule has 1 aliphatic heterocycles. The number of carbonyl (C=O) groups is 2. The zero-order valence-electron chi connectivity index (χ0n) is 16.0. The standard InChI is InChI=1S/C24H19NO4S/c26-21(18-10-11-22-23(13-18)29-16-28-22)15-30-20-8-4-7-19(14-20)25-24(27)12-9-17-5-2-1-3-6-17/h1-14H,15-16H2,(H,25,27)/b12-9+. The highest BCUT2D eigenvalue weighted by atomic mass is 32.2. The van der Waals surface area contributed by atoms with Crippen LogP contribution in [0.1, 0.15) is 15.9 Å². The Morgan fingerprint density at radius 1 is 0.933 bits per heavy atom. The van der Waals surface area contributed by atoms with Gasteiger partial charge in [0.15, 0.2) is 17.3 Å². The Balaban J connectivity index is 1.33. The summed E-state index contributed by atoms with van der Waals surface area (Å²) in [7, 11) is 0. The van der Waals surface area contributed by atoms with Crippen LogP contribution in [0.25, 0.3) is 6.08 Å². The normalized spacial score (nSPS) is 12.1. The number of anilines is 1. The molecule has 0 saturated carbocycles. The second kappa shape index (κ2) is 9.33. The molecular formula is C24H19NO4S. The molecule has 0 radical (unpaired) electrons. The number of carbonyl (C=O) groups excluding carboxylic acids is 2. The average Bonchev–Trinajstić information content (AvgIpc) is 3.25. The number of thioether (sulfide) groups is 1. The maximum Gasteiger partial charge on any atom is 0.248 e. The first-order valence-corrected chi connectivity index (χ1v) is 10.4. The molecule has 0 unspecified atom stereocenters. The van der Waals surface area contributed by atoms with Gasteiger partial charge in [0.25, 0.3) is 0 Å². The van der Waals surface area contributed by atoms with Crippen molar-refractivity contribution in [3.05, 3.63) is 90.0 Å². The van der Waals surface area contributed by atoms with E-state index in [0.29, 0.717) is 22.7 Å². The molecule has 1 N–H and O–H groups in total. The molecule has 5 nitrogen and oxygen atoms in total. The zero-order valence-corrected chi connectivity index (χ0v) is 16.9. The number of fused-ring (bicyclic) bond motifs is 1. The van der Waals surface area contributed by atoms with Crippen molar-refractivity contribution in [2.75, 3.05) is 17.9 Å². The highest BCUT2D eigenvalue weighted by molar-refractivity contribution is 8.00. The quantitative estimate of drug-likeness (QED) is 0.331. The van der Waals surface area contributed by atoms with Crippen LogP contribution in [0.4, 0.5) is 5.69 Å². The number of ketones is 1. The van der Waals surface area contributed by atoms with Gasteiger partial charge in [0.05, 0.1) is 5.75 Å². The summed E-state index contributed by atoms with van der Waals surface area (Å²) in [6.45, 7) is 0.181. The fraction of sp³-hybridized carbons (Fsp3) is 0.0833. The molecule has 0 aromatic heterocycles. The topological polar surface area (TPSA) is 64.6 Å². The molecule has 6 heteroatoms. The largest absolute Gasteiger partial charge is 0.454 e. The van der Waals surface area contributed by atoms with Gasteiger partial charge in [0.2, 0.25) is 12.7 Å². The van der Waals surface area contributed by atoms with Crippen molar-refractivity contribution in [2.24, 2.45) is 0 Å². The lowest BCUT2D eigenvalue weighted by Gasteiger charge is -2.06. The molecule has 0 spiro atoms. The first-order chi connectivity index (χ1) is 14.7. The third-order valence-electron chi connectivity index (χ3n) is 4.39. The van der Waals surface area contributed by atoms with Crippen molar-refractivity contribution in [1.29, 1.82) is 0 Å². The van der Waals surface area contributed by atoms with Crippen LogP contribution in [0.3, 0.4) is 0 Å². The smallest absolute Gasteiger partial charge is 0.248 e. The van der Waals surface area contributed by atoms with Crippen LogP contribution in [0.15, 0.2) is 83.8 Å².